The molecule has 7 nitrogen and oxygen atoms in total. The number of amides is 1. The van der Waals surface area contributed by atoms with Gasteiger partial charge < -0.3 is 9.88 Å². The van der Waals surface area contributed by atoms with Gasteiger partial charge in [-0.3, -0.25) is 9.48 Å². The number of aromatic nitrogens is 5. The first-order valence-electron chi connectivity index (χ1n) is 10.2. The molecule has 3 aromatic rings. The van der Waals surface area contributed by atoms with Crippen LogP contribution in [-0.2, 0) is 24.8 Å². The fraction of sp³-hybridized carbons (Fsp3) is 0.364. The highest BCUT2D eigenvalue weighted by Crippen LogP contribution is 2.26. The molecule has 1 aliphatic heterocycles. The predicted octanol–water partition coefficient (Wildman–Crippen LogP) is 3.81. The van der Waals surface area contributed by atoms with Gasteiger partial charge in [-0.15, -0.1) is 10.2 Å². The summed E-state index contributed by atoms with van der Waals surface area (Å²) in [7, 11) is 1.85. The Labute approximate surface area is 174 Å². The fourth-order valence-corrected chi connectivity index (χ4v) is 3.82. The van der Waals surface area contributed by atoms with Crippen molar-refractivity contribution < 1.29 is 9.18 Å². The standard InChI is InChI=1S/C22H25FN6O/c1-14-17(15(2)28(3)27-14)9-11-21(30)24-19-13-16(8-10-18(19)23)22-26-25-20-7-5-4-6-12-29(20)22/h8-11,13H,4-7,12H2,1-3H3,(H,24,30)/b11-9+. The van der Waals surface area contributed by atoms with Gasteiger partial charge >= 0.3 is 0 Å². The maximum absolute atomic E-state index is 14.4. The number of benzene rings is 1. The Bertz CT molecular complexity index is 1130. The Morgan fingerprint density at radius 1 is 1.20 bits per heavy atom. The lowest BCUT2D eigenvalue weighted by Crippen LogP contribution is -2.10. The van der Waals surface area contributed by atoms with Crippen LogP contribution in [0.3, 0.4) is 0 Å². The van der Waals surface area contributed by atoms with E-state index in [-0.39, 0.29) is 5.69 Å². The number of halogens is 1. The fourth-order valence-electron chi connectivity index (χ4n) is 3.82. The number of nitrogens with one attached hydrogen (secondary N) is 1. The van der Waals surface area contributed by atoms with Crippen LogP contribution in [0.4, 0.5) is 10.1 Å². The molecule has 0 atom stereocenters. The lowest BCUT2D eigenvalue weighted by Gasteiger charge is -2.09. The maximum atomic E-state index is 14.4. The van der Waals surface area contributed by atoms with E-state index in [1.165, 1.54) is 12.1 Å². The van der Waals surface area contributed by atoms with Crippen molar-refractivity contribution >= 4 is 17.7 Å². The van der Waals surface area contributed by atoms with Gasteiger partial charge in [0.05, 0.1) is 11.4 Å². The Morgan fingerprint density at radius 3 is 2.80 bits per heavy atom. The first kappa shape index (κ1) is 20.0. The first-order valence-corrected chi connectivity index (χ1v) is 10.2. The number of aryl methyl sites for hydroxylation is 3. The summed E-state index contributed by atoms with van der Waals surface area (Å²) in [5, 5.41) is 15.6. The number of fused-ring (bicyclic) bond motifs is 1. The number of nitrogens with zero attached hydrogens (tertiary/aromatic N) is 5. The SMILES string of the molecule is Cc1nn(C)c(C)c1/C=C/C(=O)Nc1cc(-c2nnc3n2CCCCC3)ccc1F. The molecule has 156 valence electrons. The van der Waals surface area contributed by atoms with E-state index in [2.05, 4.69) is 25.2 Å². The Morgan fingerprint density at radius 2 is 2.03 bits per heavy atom. The van der Waals surface area contributed by atoms with E-state index in [1.807, 2.05) is 20.9 Å². The van der Waals surface area contributed by atoms with E-state index in [4.69, 9.17) is 0 Å². The van der Waals surface area contributed by atoms with Crippen LogP contribution < -0.4 is 5.32 Å². The average Bonchev–Trinajstić information content (AvgIpc) is 3.11. The molecule has 30 heavy (non-hydrogen) atoms. The highest BCUT2D eigenvalue weighted by Gasteiger charge is 2.17. The minimum Gasteiger partial charge on any atom is -0.320 e. The molecule has 0 bridgehead atoms. The summed E-state index contributed by atoms with van der Waals surface area (Å²) in [6.45, 7) is 4.67. The molecule has 1 aliphatic rings. The zero-order valence-corrected chi connectivity index (χ0v) is 17.4. The average molecular weight is 408 g/mol. The summed E-state index contributed by atoms with van der Waals surface area (Å²) in [5.74, 6) is 0.765. The number of carbonyl (C=O) groups excluding carboxylic acids is 1. The lowest BCUT2D eigenvalue weighted by atomic mass is 10.1. The van der Waals surface area contributed by atoms with Crippen LogP contribution in [0.1, 0.15) is 42.0 Å². The molecule has 1 aromatic carbocycles. The van der Waals surface area contributed by atoms with Crippen LogP contribution in [0.15, 0.2) is 24.3 Å². The van der Waals surface area contributed by atoms with Crippen molar-refractivity contribution in [1.29, 1.82) is 0 Å². The topological polar surface area (TPSA) is 77.6 Å². The van der Waals surface area contributed by atoms with Gasteiger partial charge in [-0.25, -0.2) is 4.39 Å². The van der Waals surface area contributed by atoms with Crippen molar-refractivity contribution in [3.8, 4) is 11.4 Å². The number of carbonyl (C=O) groups is 1. The van der Waals surface area contributed by atoms with Crippen molar-refractivity contribution in [3.63, 3.8) is 0 Å². The minimum atomic E-state index is -0.496. The molecule has 0 unspecified atom stereocenters. The number of hydrogen-bond acceptors (Lipinski definition) is 4. The predicted molar refractivity (Wildman–Crippen MR) is 113 cm³/mol. The van der Waals surface area contributed by atoms with Crippen LogP contribution >= 0.6 is 0 Å². The minimum absolute atomic E-state index is 0.118. The Kier molecular flexibility index (Phi) is 5.48. The molecule has 0 saturated carbocycles. The zero-order chi connectivity index (χ0) is 21.3. The summed E-state index contributed by atoms with van der Waals surface area (Å²) < 4.78 is 18.2. The largest absolute Gasteiger partial charge is 0.320 e. The van der Waals surface area contributed by atoms with Gasteiger partial charge in [-0.1, -0.05) is 6.42 Å². The number of anilines is 1. The van der Waals surface area contributed by atoms with Crippen LogP contribution in [0.2, 0.25) is 0 Å². The van der Waals surface area contributed by atoms with Crippen LogP contribution in [0.25, 0.3) is 17.5 Å². The Balaban J connectivity index is 1.56. The molecule has 0 fully saturated rings. The third-order valence-corrected chi connectivity index (χ3v) is 5.56. The summed E-state index contributed by atoms with van der Waals surface area (Å²) in [6.07, 6.45) is 7.33. The second kappa shape index (κ2) is 8.22. The van der Waals surface area contributed by atoms with Crippen molar-refractivity contribution in [2.75, 3.05) is 5.32 Å². The Hall–Kier alpha value is -3.29. The third-order valence-electron chi connectivity index (χ3n) is 5.56. The highest BCUT2D eigenvalue weighted by molar-refractivity contribution is 6.02. The first-order chi connectivity index (χ1) is 14.4. The highest BCUT2D eigenvalue weighted by atomic mass is 19.1. The molecule has 2 aromatic heterocycles. The van der Waals surface area contributed by atoms with Gasteiger partial charge in [0.2, 0.25) is 5.91 Å². The normalized spacial score (nSPS) is 14.0. The summed E-state index contributed by atoms with van der Waals surface area (Å²) in [4.78, 5) is 12.4. The molecule has 0 aliphatic carbocycles. The molecule has 0 saturated heterocycles. The van der Waals surface area contributed by atoms with Crippen LogP contribution in [0, 0.1) is 19.7 Å². The maximum Gasteiger partial charge on any atom is 0.248 e. The lowest BCUT2D eigenvalue weighted by molar-refractivity contribution is -0.111. The summed E-state index contributed by atoms with van der Waals surface area (Å²) >= 11 is 0. The van der Waals surface area contributed by atoms with Gasteiger partial charge in [-0.05, 0) is 51.0 Å². The molecule has 3 heterocycles. The van der Waals surface area contributed by atoms with Crippen molar-refractivity contribution in [2.45, 2.75) is 46.1 Å². The molecule has 1 amide bonds. The van der Waals surface area contributed by atoms with Crippen molar-refractivity contribution in [1.82, 2.24) is 24.5 Å². The van der Waals surface area contributed by atoms with Crippen molar-refractivity contribution in [3.05, 3.63) is 52.9 Å². The molecular formula is C22H25FN6O. The smallest absolute Gasteiger partial charge is 0.248 e. The molecular weight excluding hydrogens is 383 g/mol. The van der Waals surface area contributed by atoms with Gasteiger partial charge in [0.15, 0.2) is 5.82 Å². The van der Waals surface area contributed by atoms with Gasteiger partial charge in [0.25, 0.3) is 0 Å². The third kappa shape index (κ3) is 3.90. The van der Waals surface area contributed by atoms with Gasteiger partial charge in [0, 0.05) is 42.9 Å². The van der Waals surface area contributed by atoms with E-state index in [0.29, 0.717) is 5.82 Å². The van der Waals surface area contributed by atoms with E-state index in [0.717, 1.165) is 60.6 Å². The van der Waals surface area contributed by atoms with Crippen LogP contribution in [0.5, 0.6) is 0 Å². The second-order valence-electron chi connectivity index (χ2n) is 7.63. The molecule has 1 N–H and O–H groups in total. The van der Waals surface area contributed by atoms with Gasteiger partial charge in [-0.2, -0.15) is 5.10 Å². The summed E-state index contributed by atoms with van der Waals surface area (Å²) in [6, 6.07) is 4.64. The van der Waals surface area contributed by atoms with E-state index >= 15 is 0 Å². The van der Waals surface area contributed by atoms with Crippen LogP contribution in [-0.4, -0.2) is 30.5 Å². The van der Waals surface area contributed by atoms with E-state index in [9.17, 15) is 9.18 Å². The van der Waals surface area contributed by atoms with Gasteiger partial charge in [0.1, 0.15) is 11.6 Å². The quantitative estimate of drug-likeness (QED) is 0.666. The monoisotopic (exact) mass is 408 g/mol. The second-order valence-corrected chi connectivity index (χ2v) is 7.63. The van der Waals surface area contributed by atoms with Crippen molar-refractivity contribution in [2.24, 2.45) is 7.05 Å². The summed E-state index contributed by atoms with van der Waals surface area (Å²) in [5.41, 5.74) is 3.52. The molecule has 8 heteroatoms. The zero-order valence-electron chi connectivity index (χ0n) is 17.4. The number of rotatable bonds is 4. The van der Waals surface area contributed by atoms with E-state index in [1.54, 1.807) is 22.9 Å². The molecule has 0 spiro atoms. The molecule has 0 radical (unpaired) electrons. The number of hydrogen-bond donors (Lipinski definition) is 1. The molecule has 4 rings (SSSR count). The van der Waals surface area contributed by atoms with E-state index < -0.39 is 11.7 Å².